The minimum Gasteiger partial charge on any atom is -0.374 e. The normalized spacial score (nSPS) is 14.3. The van der Waals surface area contributed by atoms with Crippen LogP contribution in [0.1, 0.15) is 18.1 Å². The number of hydrogen-bond acceptors (Lipinski definition) is 1. The molecular weight excluding hydrogens is 273 g/mol. The van der Waals surface area contributed by atoms with Crippen LogP contribution in [0.2, 0.25) is 0 Å². The van der Waals surface area contributed by atoms with Gasteiger partial charge in [-0.25, -0.2) is 0 Å². The summed E-state index contributed by atoms with van der Waals surface area (Å²) in [5, 5.41) is 0. The predicted molar refractivity (Wildman–Crippen MR) is 67.0 cm³/mol. The van der Waals surface area contributed by atoms with E-state index in [1.54, 1.807) is 0 Å². The van der Waals surface area contributed by atoms with Crippen LogP contribution in [0.25, 0.3) is 6.08 Å². The summed E-state index contributed by atoms with van der Waals surface area (Å²) < 4.78 is 0. The molecule has 1 heterocycles. The first-order valence-electron chi connectivity index (χ1n) is 4.25. The third kappa shape index (κ3) is 2.05. The van der Waals surface area contributed by atoms with E-state index in [-0.39, 0.29) is 24.0 Å². The van der Waals surface area contributed by atoms with Crippen molar-refractivity contribution < 1.29 is 0 Å². The average Bonchev–Trinajstić information content (AvgIpc) is 2.07. The van der Waals surface area contributed by atoms with Gasteiger partial charge in [-0.15, -0.1) is 24.0 Å². The Labute approximate surface area is 96.5 Å². The van der Waals surface area contributed by atoms with Gasteiger partial charge in [0.1, 0.15) is 0 Å². The second-order valence-electron chi connectivity index (χ2n) is 3.34. The highest BCUT2D eigenvalue weighted by Gasteiger charge is 2.09. The fourth-order valence-electron chi connectivity index (χ4n) is 1.53. The molecule has 1 aromatic carbocycles. The zero-order valence-electron chi connectivity index (χ0n) is 7.95. The summed E-state index contributed by atoms with van der Waals surface area (Å²) >= 11 is 0. The van der Waals surface area contributed by atoms with Crippen molar-refractivity contribution in [3.05, 3.63) is 41.1 Å². The smallest absolute Gasteiger partial charge is 0.0429 e. The number of nitrogens with zero attached hydrogens (tertiary/aromatic N) is 1. The van der Waals surface area contributed by atoms with Crippen LogP contribution in [-0.2, 0) is 6.54 Å². The molecule has 0 aromatic heterocycles. The Morgan fingerprint density at radius 2 is 1.92 bits per heavy atom. The zero-order chi connectivity index (χ0) is 8.55. The maximum Gasteiger partial charge on any atom is 0.0429 e. The summed E-state index contributed by atoms with van der Waals surface area (Å²) in [5.74, 6) is 0. The Morgan fingerprint density at radius 3 is 2.69 bits per heavy atom. The van der Waals surface area contributed by atoms with Gasteiger partial charge in [-0.05, 0) is 24.1 Å². The maximum atomic E-state index is 2.27. The summed E-state index contributed by atoms with van der Waals surface area (Å²) in [5.41, 5.74) is 4.13. The molecule has 0 radical (unpaired) electrons. The number of halogens is 1. The van der Waals surface area contributed by atoms with E-state index in [0.717, 1.165) is 6.54 Å². The summed E-state index contributed by atoms with van der Waals surface area (Å²) in [6.45, 7) is 3.19. The lowest BCUT2D eigenvalue weighted by Crippen LogP contribution is -2.19. The fourth-order valence-corrected chi connectivity index (χ4v) is 1.53. The van der Waals surface area contributed by atoms with Gasteiger partial charge < -0.3 is 4.90 Å². The molecule has 1 aromatic rings. The highest BCUT2D eigenvalue weighted by atomic mass is 127. The molecule has 70 valence electrons. The minimum absolute atomic E-state index is 0. The van der Waals surface area contributed by atoms with Gasteiger partial charge in [0.2, 0.25) is 0 Å². The van der Waals surface area contributed by atoms with Crippen LogP contribution >= 0.6 is 24.0 Å². The monoisotopic (exact) mass is 287 g/mol. The SMILES string of the molecule is CC1=Cc2ccccc2CN1C.I. The molecule has 0 saturated heterocycles. The Morgan fingerprint density at radius 1 is 1.23 bits per heavy atom. The first-order valence-corrected chi connectivity index (χ1v) is 4.25. The summed E-state index contributed by atoms with van der Waals surface area (Å²) in [7, 11) is 2.13. The van der Waals surface area contributed by atoms with Crippen molar-refractivity contribution >= 4 is 30.1 Å². The second kappa shape index (κ2) is 4.13. The molecule has 0 saturated carbocycles. The first kappa shape index (κ1) is 10.6. The van der Waals surface area contributed by atoms with Crippen LogP contribution in [0.15, 0.2) is 30.0 Å². The Balaban J connectivity index is 0.000000845. The number of rotatable bonds is 0. The van der Waals surface area contributed by atoms with Crippen molar-refractivity contribution in [2.75, 3.05) is 7.05 Å². The summed E-state index contributed by atoms with van der Waals surface area (Å²) in [6.07, 6.45) is 2.23. The average molecular weight is 287 g/mol. The van der Waals surface area contributed by atoms with Crippen molar-refractivity contribution in [2.45, 2.75) is 13.5 Å². The van der Waals surface area contributed by atoms with Gasteiger partial charge in [0.25, 0.3) is 0 Å². The lowest BCUT2D eigenvalue weighted by molar-refractivity contribution is 0.410. The number of benzene rings is 1. The Kier molecular flexibility index (Phi) is 3.36. The van der Waals surface area contributed by atoms with Gasteiger partial charge in [-0.1, -0.05) is 24.3 Å². The molecule has 1 aliphatic heterocycles. The van der Waals surface area contributed by atoms with E-state index in [2.05, 4.69) is 49.2 Å². The van der Waals surface area contributed by atoms with E-state index in [1.165, 1.54) is 16.8 Å². The van der Waals surface area contributed by atoms with Crippen LogP contribution in [0.4, 0.5) is 0 Å². The molecule has 0 fully saturated rings. The van der Waals surface area contributed by atoms with Gasteiger partial charge in [0.05, 0.1) is 0 Å². The molecule has 0 unspecified atom stereocenters. The number of hydrogen-bond donors (Lipinski definition) is 0. The number of fused-ring (bicyclic) bond motifs is 1. The van der Waals surface area contributed by atoms with E-state index < -0.39 is 0 Å². The van der Waals surface area contributed by atoms with Gasteiger partial charge in [0, 0.05) is 19.3 Å². The van der Waals surface area contributed by atoms with Crippen LogP contribution in [0.5, 0.6) is 0 Å². The lowest BCUT2D eigenvalue weighted by Gasteiger charge is -2.25. The van der Waals surface area contributed by atoms with Crippen LogP contribution in [-0.4, -0.2) is 11.9 Å². The molecule has 2 rings (SSSR count). The Bertz CT molecular complexity index is 331. The van der Waals surface area contributed by atoms with Gasteiger partial charge in [-0.3, -0.25) is 0 Å². The molecule has 0 N–H and O–H groups in total. The van der Waals surface area contributed by atoms with E-state index in [0.29, 0.717) is 0 Å². The third-order valence-corrected chi connectivity index (χ3v) is 2.43. The van der Waals surface area contributed by atoms with Crippen molar-refractivity contribution in [2.24, 2.45) is 0 Å². The zero-order valence-corrected chi connectivity index (χ0v) is 10.3. The highest BCUT2D eigenvalue weighted by molar-refractivity contribution is 14.0. The predicted octanol–water partition coefficient (Wildman–Crippen LogP) is 3.11. The van der Waals surface area contributed by atoms with Gasteiger partial charge in [-0.2, -0.15) is 0 Å². The lowest BCUT2D eigenvalue weighted by atomic mass is 10.0. The van der Waals surface area contributed by atoms with E-state index >= 15 is 0 Å². The molecule has 0 atom stereocenters. The summed E-state index contributed by atoms with van der Waals surface area (Å²) in [6, 6.07) is 8.55. The first-order chi connectivity index (χ1) is 5.77. The maximum absolute atomic E-state index is 2.27. The van der Waals surface area contributed by atoms with E-state index in [1.807, 2.05) is 0 Å². The van der Waals surface area contributed by atoms with E-state index in [9.17, 15) is 0 Å². The third-order valence-electron chi connectivity index (χ3n) is 2.43. The van der Waals surface area contributed by atoms with Crippen molar-refractivity contribution in [3.63, 3.8) is 0 Å². The van der Waals surface area contributed by atoms with Gasteiger partial charge >= 0.3 is 0 Å². The quantitative estimate of drug-likeness (QED) is 0.663. The molecule has 1 nitrogen and oxygen atoms in total. The van der Waals surface area contributed by atoms with Gasteiger partial charge in [0.15, 0.2) is 0 Å². The summed E-state index contributed by atoms with van der Waals surface area (Å²) in [4.78, 5) is 2.27. The molecule has 2 heteroatoms. The van der Waals surface area contributed by atoms with Crippen molar-refractivity contribution in [3.8, 4) is 0 Å². The molecule has 0 aliphatic carbocycles. The standard InChI is InChI=1S/C11H13N.HI/c1-9-7-10-5-3-4-6-11(10)8-12(9)2;/h3-7H,8H2,1-2H3;1H. The van der Waals surface area contributed by atoms with Crippen LogP contribution < -0.4 is 0 Å². The minimum atomic E-state index is 0. The molecule has 0 spiro atoms. The van der Waals surface area contributed by atoms with Crippen LogP contribution in [0.3, 0.4) is 0 Å². The van der Waals surface area contributed by atoms with Crippen LogP contribution in [0, 0.1) is 0 Å². The molecule has 1 aliphatic rings. The Hall–Kier alpha value is -0.510. The largest absolute Gasteiger partial charge is 0.374 e. The van der Waals surface area contributed by atoms with Crippen molar-refractivity contribution in [1.82, 2.24) is 4.90 Å². The van der Waals surface area contributed by atoms with E-state index in [4.69, 9.17) is 0 Å². The second-order valence-corrected chi connectivity index (χ2v) is 3.34. The van der Waals surface area contributed by atoms with Crippen molar-refractivity contribution in [1.29, 1.82) is 0 Å². The fraction of sp³-hybridized carbons (Fsp3) is 0.273. The molecule has 13 heavy (non-hydrogen) atoms. The molecular formula is C11H14IN. The number of allylic oxidation sites excluding steroid dienone is 1. The molecule has 0 bridgehead atoms. The molecule has 0 amide bonds. The highest BCUT2D eigenvalue weighted by Crippen LogP contribution is 2.22. The topological polar surface area (TPSA) is 3.24 Å².